The lowest BCUT2D eigenvalue weighted by Gasteiger charge is -2.14. The van der Waals surface area contributed by atoms with Gasteiger partial charge in [-0.15, -0.1) is 0 Å². The molecule has 0 atom stereocenters. The van der Waals surface area contributed by atoms with Crippen molar-refractivity contribution in [1.82, 2.24) is 9.13 Å². The normalized spacial score (nSPS) is 11.7. The molecule has 4 heteroatoms. The molecular formula is C67H44N2O2. The fourth-order valence-corrected chi connectivity index (χ4v) is 10.9. The lowest BCUT2D eigenvalue weighted by Crippen LogP contribution is -1.95. The lowest BCUT2D eigenvalue weighted by atomic mass is 9.97. The minimum Gasteiger partial charge on any atom is -0.456 e. The first kappa shape index (κ1) is 40.7. The number of rotatable bonds is 8. The number of nitrogens with zero attached hydrogens (tertiary/aromatic N) is 2. The Morgan fingerprint density at radius 1 is 0.324 bits per heavy atom. The summed E-state index contributed by atoms with van der Waals surface area (Å²) in [6.45, 7) is 2.08. The summed E-state index contributed by atoms with van der Waals surface area (Å²) >= 11 is 0. The summed E-state index contributed by atoms with van der Waals surface area (Å²) in [5.74, 6) is 1.70. The van der Waals surface area contributed by atoms with Gasteiger partial charge in [-0.3, -0.25) is 0 Å². The predicted molar refractivity (Wildman–Crippen MR) is 295 cm³/mol. The van der Waals surface area contributed by atoms with Gasteiger partial charge in [-0.2, -0.15) is 0 Å². The van der Waals surface area contributed by atoms with E-state index in [0.29, 0.717) is 0 Å². The minimum atomic E-state index is 0.835. The Hall–Kier alpha value is -9.38. The van der Waals surface area contributed by atoms with Crippen molar-refractivity contribution in [3.05, 3.63) is 254 Å². The van der Waals surface area contributed by atoms with Gasteiger partial charge in [-0.25, -0.2) is 0 Å². The van der Waals surface area contributed by atoms with Crippen LogP contribution >= 0.6 is 0 Å². The second-order valence-electron chi connectivity index (χ2n) is 18.5. The SMILES string of the molecule is Cc1ccccc1Oc1ccccc1-c1ccc(-n2c3ccccc3c3cc(-c4ccc5c(c4)c4cccc(-c6ccc(-c7cccc8c7oc7ccccc78)cc6)c4n5-c4ccccc4)ccc32)cc1. The van der Waals surface area contributed by atoms with Crippen molar-refractivity contribution >= 4 is 65.6 Å². The van der Waals surface area contributed by atoms with E-state index >= 15 is 0 Å². The molecule has 0 spiro atoms. The highest BCUT2D eigenvalue weighted by Gasteiger charge is 2.20. The van der Waals surface area contributed by atoms with Crippen LogP contribution in [0.5, 0.6) is 11.5 Å². The molecule has 0 radical (unpaired) electrons. The smallest absolute Gasteiger partial charge is 0.143 e. The predicted octanol–water partition coefficient (Wildman–Crippen LogP) is 18.5. The van der Waals surface area contributed by atoms with E-state index < -0.39 is 0 Å². The van der Waals surface area contributed by atoms with Gasteiger partial charge in [-0.1, -0.05) is 176 Å². The molecule has 0 saturated heterocycles. The van der Waals surface area contributed by atoms with E-state index in [0.717, 1.165) is 83.7 Å². The summed E-state index contributed by atoms with van der Waals surface area (Å²) < 4.78 is 17.7. The fraction of sp³-hybridized carbons (Fsp3) is 0.0149. The molecule has 0 unspecified atom stereocenters. The van der Waals surface area contributed by atoms with Crippen molar-refractivity contribution in [2.75, 3.05) is 0 Å². The number of hydrogen-bond acceptors (Lipinski definition) is 2. The Labute approximate surface area is 410 Å². The highest BCUT2D eigenvalue weighted by molar-refractivity contribution is 6.16. The third-order valence-corrected chi connectivity index (χ3v) is 14.4. The largest absolute Gasteiger partial charge is 0.456 e. The number of furan rings is 1. The molecule has 0 aliphatic rings. The van der Waals surface area contributed by atoms with Crippen LogP contribution in [0.3, 0.4) is 0 Å². The van der Waals surface area contributed by atoms with Gasteiger partial charge in [0.05, 0.1) is 22.1 Å². The number of ether oxygens (including phenoxy) is 1. The second-order valence-corrected chi connectivity index (χ2v) is 18.5. The number of aromatic nitrogens is 2. The third-order valence-electron chi connectivity index (χ3n) is 14.4. The maximum atomic E-state index is 6.47. The van der Waals surface area contributed by atoms with E-state index in [2.05, 4.69) is 222 Å². The van der Waals surface area contributed by atoms with Crippen LogP contribution in [0.1, 0.15) is 5.56 Å². The van der Waals surface area contributed by atoms with Crippen LogP contribution in [0.2, 0.25) is 0 Å². The van der Waals surface area contributed by atoms with Crippen LogP contribution < -0.4 is 4.74 Å². The maximum absolute atomic E-state index is 6.47. The molecule has 3 aromatic heterocycles. The zero-order valence-corrected chi connectivity index (χ0v) is 38.9. The molecule has 0 N–H and O–H groups in total. The Kier molecular flexibility index (Phi) is 9.39. The van der Waals surface area contributed by atoms with Gasteiger partial charge in [0.2, 0.25) is 0 Å². The molecular weight excluding hydrogens is 865 g/mol. The van der Waals surface area contributed by atoms with Crippen LogP contribution in [0.15, 0.2) is 253 Å². The number of fused-ring (bicyclic) bond motifs is 9. The summed E-state index contributed by atoms with van der Waals surface area (Å²) in [4.78, 5) is 0. The number of para-hydroxylation sites is 7. The molecule has 0 amide bonds. The molecule has 4 nitrogen and oxygen atoms in total. The third kappa shape index (κ3) is 6.68. The standard InChI is InChI=1S/C67H44N2O2/c1-43-15-5-10-26-63(43)70-64-27-11-7-18-51(64)44-33-37-50(38-34-44)68-60-25-9-6-19-54(60)58-41-47(35-39-61(58)68)48-36-40-62-59(42-48)56-23-13-21-52(66(56)69(62)49-16-3-2-4-17-49)45-29-31-46(32-30-45)53-22-14-24-57-55-20-8-12-28-65(55)71-67(53)57/h2-42H,1H3. The van der Waals surface area contributed by atoms with Crippen molar-refractivity contribution in [2.45, 2.75) is 6.92 Å². The topological polar surface area (TPSA) is 32.2 Å². The number of hydrogen-bond donors (Lipinski definition) is 0. The molecule has 0 bridgehead atoms. The van der Waals surface area contributed by atoms with Gasteiger partial charge < -0.3 is 18.3 Å². The van der Waals surface area contributed by atoms with E-state index in [1.165, 1.54) is 54.8 Å². The molecule has 0 saturated carbocycles. The first-order valence-corrected chi connectivity index (χ1v) is 24.2. The first-order chi connectivity index (χ1) is 35.1. The van der Waals surface area contributed by atoms with Crippen LogP contribution in [0.4, 0.5) is 0 Å². The van der Waals surface area contributed by atoms with Gasteiger partial charge in [0.1, 0.15) is 22.7 Å². The number of aryl methyl sites for hydroxylation is 1. The van der Waals surface area contributed by atoms with Gasteiger partial charge >= 0.3 is 0 Å². The highest BCUT2D eigenvalue weighted by Crippen LogP contribution is 2.43. The Morgan fingerprint density at radius 2 is 0.831 bits per heavy atom. The highest BCUT2D eigenvalue weighted by atomic mass is 16.5. The first-order valence-electron chi connectivity index (χ1n) is 24.2. The zero-order valence-electron chi connectivity index (χ0n) is 38.9. The summed E-state index contributed by atoms with van der Waals surface area (Å²) in [5.41, 5.74) is 18.9. The molecule has 14 rings (SSSR count). The van der Waals surface area contributed by atoms with Crippen LogP contribution in [0, 0.1) is 6.92 Å². The summed E-state index contributed by atoms with van der Waals surface area (Å²) in [6.07, 6.45) is 0. The van der Waals surface area contributed by atoms with Gasteiger partial charge in [0.25, 0.3) is 0 Å². The summed E-state index contributed by atoms with van der Waals surface area (Å²) in [6, 6.07) is 89.1. The van der Waals surface area contributed by atoms with Crippen molar-refractivity contribution in [2.24, 2.45) is 0 Å². The van der Waals surface area contributed by atoms with Crippen molar-refractivity contribution < 1.29 is 9.15 Å². The van der Waals surface area contributed by atoms with Gasteiger partial charge in [0.15, 0.2) is 0 Å². The average molecular weight is 909 g/mol. The monoisotopic (exact) mass is 908 g/mol. The Morgan fingerprint density at radius 3 is 1.61 bits per heavy atom. The molecule has 3 heterocycles. The second kappa shape index (κ2) is 16.4. The van der Waals surface area contributed by atoms with E-state index in [1.807, 2.05) is 42.5 Å². The summed E-state index contributed by atoms with van der Waals surface area (Å²) in [5, 5.41) is 7.13. The van der Waals surface area contributed by atoms with E-state index in [1.54, 1.807) is 0 Å². The minimum absolute atomic E-state index is 0.835. The Balaban J connectivity index is 0.853. The molecule has 0 fully saturated rings. The summed E-state index contributed by atoms with van der Waals surface area (Å²) in [7, 11) is 0. The van der Waals surface area contributed by atoms with Crippen LogP contribution in [-0.4, -0.2) is 9.13 Å². The number of benzene rings is 11. The molecule has 14 aromatic rings. The van der Waals surface area contributed by atoms with Crippen molar-refractivity contribution in [3.8, 4) is 67.4 Å². The van der Waals surface area contributed by atoms with Gasteiger partial charge in [0, 0.05) is 60.4 Å². The van der Waals surface area contributed by atoms with Crippen molar-refractivity contribution in [1.29, 1.82) is 0 Å². The molecule has 0 aliphatic carbocycles. The molecule has 71 heavy (non-hydrogen) atoms. The average Bonchev–Trinajstić information content (AvgIpc) is 4.10. The van der Waals surface area contributed by atoms with E-state index in [9.17, 15) is 0 Å². The van der Waals surface area contributed by atoms with Crippen molar-refractivity contribution in [3.63, 3.8) is 0 Å². The maximum Gasteiger partial charge on any atom is 0.143 e. The Bertz CT molecular complexity index is 4360. The molecule has 334 valence electrons. The molecule has 0 aliphatic heterocycles. The quantitative estimate of drug-likeness (QED) is 0.152. The van der Waals surface area contributed by atoms with Crippen LogP contribution in [-0.2, 0) is 0 Å². The van der Waals surface area contributed by atoms with E-state index in [4.69, 9.17) is 9.15 Å². The fourth-order valence-electron chi connectivity index (χ4n) is 10.9. The molecule has 11 aromatic carbocycles. The van der Waals surface area contributed by atoms with Crippen LogP contribution in [0.25, 0.3) is 121 Å². The van der Waals surface area contributed by atoms with E-state index in [-0.39, 0.29) is 0 Å². The zero-order chi connectivity index (χ0) is 47.0. The lowest BCUT2D eigenvalue weighted by molar-refractivity contribution is 0.480. The van der Waals surface area contributed by atoms with Gasteiger partial charge in [-0.05, 0) is 113 Å².